The molecule has 0 saturated heterocycles. The number of nitrogens with one attached hydrogen (secondary N) is 1. The van der Waals surface area contributed by atoms with Gasteiger partial charge < -0.3 is 5.32 Å². The van der Waals surface area contributed by atoms with Crippen LogP contribution in [-0.2, 0) is 6.54 Å². The summed E-state index contributed by atoms with van der Waals surface area (Å²) in [5.41, 5.74) is 2.84. The number of para-hydroxylation sites is 1. The van der Waals surface area contributed by atoms with Gasteiger partial charge in [0.15, 0.2) is 11.6 Å². The second-order valence-corrected chi connectivity index (χ2v) is 4.90. The molecule has 21 heavy (non-hydrogen) atoms. The Kier molecular flexibility index (Phi) is 3.52. The van der Waals surface area contributed by atoms with Crippen molar-refractivity contribution in [1.82, 2.24) is 4.98 Å². The number of fused-ring (bicyclic) bond motifs is 1. The Bertz CT molecular complexity index is 800. The third-order valence-electron chi connectivity index (χ3n) is 3.36. The molecule has 3 aromatic rings. The Morgan fingerprint density at radius 1 is 1.00 bits per heavy atom. The van der Waals surface area contributed by atoms with Gasteiger partial charge in [0.25, 0.3) is 0 Å². The van der Waals surface area contributed by atoms with Crippen LogP contribution in [0, 0.1) is 18.6 Å². The van der Waals surface area contributed by atoms with Crippen molar-refractivity contribution in [3.05, 3.63) is 71.4 Å². The number of hydrogen-bond donors (Lipinski definition) is 1. The van der Waals surface area contributed by atoms with Crippen LogP contribution in [0.5, 0.6) is 0 Å². The normalized spacial score (nSPS) is 10.8. The van der Waals surface area contributed by atoms with E-state index in [1.54, 1.807) is 6.07 Å². The van der Waals surface area contributed by atoms with Gasteiger partial charge in [-0.15, -0.1) is 0 Å². The van der Waals surface area contributed by atoms with E-state index in [0.717, 1.165) is 28.4 Å². The van der Waals surface area contributed by atoms with Gasteiger partial charge in [0.05, 0.1) is 11.2 Å². The molecule has 0 aliphatic carbocycles. The molecule has 0 spiro atoms. The molecule has 0 radical (unpaired) electrons. The predicted octanol–water partition coefficient (Wildman–Crippen LogP) is 4.43. The van der Waals surface area contributed by atoms with Gasteiger partial charge in [0.2, 0.25) is 0 Å². The molecule has 0 unspecified atom stereocenters. The zero-order chi connectivity index (χ0) is 14.8. The molecule has 2 nitrogen and oxygen atoms in total. The molecule has 1 aromatic heterocycles. The second kappa shape index (κ2) is 5.48. The van der Waals surface area contributed by atoms with Crippen LogP contribution >= 0.6 is 0 Å². The first-order valence-corrected chi connectivity index (χ1v) is 6.68. The van der Waals surface area contributed by atoms with Crippen LogP contribution in [0.4, 0.5) is 14.5 Å². The van der Waals surface area contributed by atoms with Crippen LogP contribution in [0.15, 0.2) is 48.5 Å². The minimum absolute atomic E-state index is 0.207. The van der Waals surface area contributed by atoms with Gasteiger partial charge in [-0.3, -0.25) is 4.98 Å². The molecule has 2 aromatic carbocycles. The number of aryl methyl sites for hydroxylation is 1. The third-order valence-corrected chi connectivity index (χ3v) is 3.36. The summed E-state index contributed by atoms with van der Waals surface area (Å²) in [7, 11) is 0. The largest absolute Gasteiger partial charge is 0.379 e. The van der Waals surface area contributed by atoms with E-state index in [1.807, 2.05) is 37.3 Å². The lowest BCUT2D eigenvalue weighted by molar-refractivity contribution is 0.500. The number of anilines is 1. The van der Waals surface area contributed by atoms with Gasteiger partial charge in [0.1, 0.15) is 0 Å². The van der Waals surface area contributed by atoms with E-state index >= 15 is 0 Å². The first kappa shape index (κ1) is 13.5. The highest BCUT2D eigenvalue weighted by Crippen LogP contribution is 2.23. The second-order valence-electron chi connectivity index (χ2n) is 4.90. The van der Waals surface area contributed by atoms with Crippen molar-refractivity contribution in [2.24, 2.45) is 0 Å². The van der Waals surface area contributed by atoms with Gasteiger partial charge in [0, 0.05) is 23.2 Å². The maximum atomic E-state index is 13.7. The molecule has 0 atom stereocenters. The fourth-order valence-electron chi connectivity index (χ4n) is 2.26. The van der Waals surface area contributed by atoms with Crippen molar-refractivity contribution in [2.45, 2.75) is 13.5 Å². The van der Waals surface area contributed by atoms with Gasteiger partial charge in [-0.2, -0.15) is 0 Å². The summed E-state index contributed by atoms with van der Waals surface area (Å²) >= 11 is 0. The molecule has 0 saturated carbocycles. The molecule has 0 bridgehead atoms. The topological polar surface area (TPSA) is 24.9 Å². The third kappa shape index (κ3) is 2.70. The fraction of sp³-hybridized carbons (Fsp3) is 0.118. The van der Waals surface area contributed by atoms with E-state index in [1.165, 1.54) is 6.07 Å². The highest BCUT2D eigenvalue weighted by molar-refractivity contribution is 5.90. The van der Waals surface area contributed by atoms with E-state index in [9.17, 15) is 8.78 Å². The van der Waals surface area contributed by atoms with Crippen LogP contribution < -0.4 is 5.32 Å². The number of pyridine rings is 1. The van der Waals surface area contributed by atoms with E-state index in [0.29, 0.717) is 5.56 Å². The summed E-state index contributed by atoms with van der Waals surface area (Å²) in [6.07, 6.45) is 0. The quantitative estimate of drug-likeness (QED) is 0.769. The molecule has 106 valence electrons. The van der Waals surface area contributed by atoms with E-state index in [-0.39, 0.29) is 6.54 Å². The summed E-state index contributed by atoms with van der Waals surface area (Å²) < 4.78 is 26.8. The number of halogens is 2. The number of benzene rings is 2. The average molecular weight is 284 g/mol. The lowest BCUT2D eigenvalue weighted by atomic mass is 10.1. The van der Waals surface area contributed by atoms with Crippen LogP contribution in [0.1, 0.15) is 11.3 Å². The first-order valence-electron chi connectivity index (χ1n) is 6.68. The van der Waals surface area contributed by atoms with E-state index < -0.39 is 11.6 Å². The zero-order valence-electron chi connectivity index (χ0n) is 11.5. The van der Waals surface area contributed by atoms with Gasteiger partial charge >= 0.3 is 0 Å². The minimum atomic E-state index is -0.832. The van der Waals surface area contributed by atoms with Crippen molar-refractivity contribution in [3.8, 4) is 0 Å². The Balaban J connectivity index is 1.92. The molecule has 1 N–H and O–H groups in total. The summed E-state index contributed by atoms with van der Waals surface area (Å²) in [6.45, 7) is 2.13. The smallest absolute Gasteiger partial charge is 0.163 e. The summed E-state index contributed by atoms with van der Waals surface area (Å²) in [6, 6.07) is 13.9. The molecule has 0 fully saturated rings. The summed E-state index contributed by atoms with van der Waals surface area (Å²) in [5.74, 6) is -1.64. The molecule has 1 heterocycles. The Morgan fingerprint density at radius 2 is 1.81 bits per heavy atom. The van der Waals surface area contributed by atoms with Crippen molar-refractivity contribution >= 4 is 16.6 Å². The van der Waals surface area contributed by atoms with Crippen molar-refractivity contribution in [3.63, 3.8) is 0 Å². The summed E-state index contributed by atoms with van der Waals surface area (Å²) in [4.78, 5) is 4.50. The molecular formula is C17H14F2N2. The lowest BCUT2D eigenvalue weighted by Crippen LogP contribution is -2.04. The first-order chi connectivity index (χ1) is 10.1. The number of nitrogens with zero attached hydrogens (tertiary/aromatic N) is 1. The molecule has 0 amide bonds. The SMILES string of the molecule is Cc1ccc2cccc(NCc3cccc(F)c3F)c2n1. The molecule has 3 rings (SSSR count). The zero-order valence-corrected chi connectivity index (χ0v) is 11.5. The highest BCUT2D eigenvalue weighted by Gasteiger charge is 2.08. The molecule has 4 heteroatoms. The average Bonchev–Trinajstić information content (AvgIpc) is 2.49. The highest BCUT2D eigenvalue weighted by atomic mass is 19.2. The lowest BCUT2D eigenvalue weighted by Gasteiger charge is -2.10. The van der Waals surface area contributed by atoms with E-state index in [4.69, 9.17) is 0 Å². The Hall–Kier alpha value is -2.49. The van der Waals surface area contributed by atoms with Crippen molar-refractivity contribution < 1.29 is 8.78 Å². The van der Waals surface area contributed by atoms with E-state index in [2.05, 4.69) is 10.3 Å². The number of hydrogen-bond acceptors (Lipinski definition) is 2. The minimum Gasteiger partial charge on any atom is -0.379 e. The van der Waals surface area contributed by atoms with Gasteiger partial charge in [-0.05, 0) is 25.1 Å². The maximum Gasteiger partial charge on any atom is 0.163 e. The van der Waals surface area contributed by atoms with Crippen LogP contribution in [0.3, 0.4) is 0 Å². The monoisotopic (exact) mass is 284 g/mol. The standard InChI is InChI=1S/C17H14F2N2/c1-11-8-9-12-4-3-7-15(17(12)21-11)20-10-13-5-2-6-14(18)16(13)19/h2-9,20H,10H2,1H3. The van der Waals surface area contributed by atoms with Crippen LogP contribution in [-0.4, -0.2) is 4.98 Å². The fourth-order valence-corrected chi connectivity index (χ4v) is 2.26. The number of rotatable bonds is 3. The van der Waals surface area contributed by atoms with Gasteiger partial charge in [-0.1, -0.05) is 30.3 Å². The molecular weight excluding hydrogens is 270 g/mol. The van der Waals surface area contributed by atoms with Crippen LogP contribution in [0.2, 0.25) is 0 Å². The van der Waals surface area contributed by atoms with Crippen molar-refractivity contribution in [1.29, 1.82) is 0 Å². The maximum absolute atomic E-state index is 13.7. The predicted molar refractivity (Wildman–Crippen MR) is 80.2 cm³/mol. The Labute approximate surface area is 121 Å². The number of aromatic nitrogens is 1. The van der Waals surface area contributed by atoms with Gasteiger partial charge in [-0.25, -0.2) is 8.78 Å². The molecule has 0 aliphatic rings. The van der Waals surface area contributed by atoms with Crippen LogP contribution in [0.25, 0.3) is 10.9 Å². The summed E-state index contributed by atoms with van der Waals surface area (Å²) in [5, 5.41) is 4.13. The van der Waals surface area contributed by atoms with Crippen molar-refractivity contribution in [2.75, 3.05) is 5.32 Å². The molecule has 0 aliphatic heterocycles. The Morgan fingerprint density at radius 3 is 2.67 bits per heavy atom.